The highest BCUT2D eigenvalue weighted by molar-refractivity contribution is 5.89. The van der Waals surface area contributed by atoms with E-state index in [2.05, 4.69) is 40.4 Å². The number of benzene rings is 1. The molecule has 1 N–H and O–H groups in total. The molecule has 2 fully saturated rings. The maximum absolute atomic E-state index is 6.21. The number of nitrogens with zero attached hydrogens (tertiary/aromatic N) is 2. The first-order valence-corrected chi connectivity index (χ1v) is 8.86. The minimum absolute atomic E-state index is 0.118. The van der Waals surface area contributed by atoms with Crippen molar-refractivity contribution in [2.24, 2.45) is 0 Å². The Kier molecular flexibility index (Phi) is 3.93. The van der Waals surface area contributed by atoms with Crippen LogP contribution in [-0.4, -0.2) is 28.2 Å². The minimum atomic E-state index is 0.118. The van der Waals surface area contributed by atoms with Crippen molar-refractivity contribution in [3.05, 3.63) is 30.1 Å². The molecule has 1 aliphatic heterocycles. The summed E-state index contributed by atoms with van der Waals surface area (Å²) in [5.74, 6) is 0.969. The second kappa shape index (κ2) is 6.08. The Hall–Kier alpha value is -1.68. The van der Waals surface area contributed by atoms with E-state index in [1.54, 1.807) is 6.33 Å². The predicted molar refractivity (Wildman–Crippen MR) is 92.7 cm³/mol. The number of fused-ring (bicyclic) bond motifs is 1. The molecule has 1 aromatic carbocycles. The number of hydrogen-bond donors (Lipinski definition) is 1. The highest BCUT2D eigenvalue weighted by Gasteiger charge is 2.38. The number of aromatic nitrogens is 2. The fourth-order valence-electron chi connectivity index (χ4n) is 4.17. The van der Waals surface area contributed by atoms with Crippen LogP contribution < -0.4 is 5.32 Å². The molecule has 1 aliphatic carbocycles. The third-order valence-electron chi connectivity index (χ3n) is 5.39. The molecule has 0 amide bonds. The van der Waals surface area contributed by atoms with E-state index < -0.39 is 0 Å². The van der Waals surface area contributed by atoms with E-state index in [1.165, 1.54) is 37.7 Å². The van der Waals surface area contributed by atoms with E-state index in [0.29, 0.717) is 6.04 Å². The Morgan fingerprint density at radius 1 is 1.17 bits per heavy atom. The number of aryl methyl sites for hydroxylation is 1. The Morgan fingerprint density at radius 2 is 2.04 bits per heavy atom. The summed E-state index contributed by atoms with van der Waals surface area (Å²) in [6.07, 6.45) is 10.2. The van der Waals surface area contributed by atoms with Crippen molar-refractivity contribution >= 4 is 16.7 Å². The van der Waals surface area contributed by atoms with Gasteiger partial charge >= 0.3 is 0 Å². The van der Waals surface area contributed by atoms with Crippen molar-refractivity contribution in [3.8, 4) is 0 Å². The molecule has 1 unspecified atom stereocenters. The van der Waals surface area contributed by atoms with Crippen molar-refractivity contribution in [2.45, 2.75) is 63.5 Å². The third-order valence-corrected chi connectivity index (χ3v) is 5.39. The van der Waals surface area contributed by atoms with Crippen molar-refractivity contribution in [2.75, 3.05) is 11.9 Å². The van der Waals surface area contributed by atoms with Gasteiger partial charge in [-0.3, -0.25) is 0 Å². The van der Waals surface area contributed by atoms with Gasteiger partial charge in [-0.1, -0.05) is 30.9 Å². The lowest BCUT2D eigenvalue weighted by Crippen LogP contribution is -2.45. The molecule has 1 saturated heterocycles. The molecule has 1 saturated carbocycles. The lowest BCUT2D eigenvalue weighted by atomic mass is 9.78. The fraction of sp³-hybridized carbons (Fsp3) is 0.579. The summed E-state index contributed by atoms with van der Waals surface area (Å²) < 4.78 is 6.21. The highest BCUT2D eigenvalue weighted by atomic mass is 16.5. The van der Waals surface area contributed by atoms with Crippen molar-refractivity contribution in [3.63, 3.8) is 0 Å². The predicted octanol–water partition coefficient (Wildman–Crippen LogP) is 4.23. The van der Waals surface area contributed by atoms with Crippen LogP contribution in [0.15, 0.2) is 24.5 Å². The number of rotatable bonds is 2. The summed E-state index contributed by atoms with van der Waals surface area (Å²) in [6, 6.07) is 6.79. The van der Waals surface area contributed by atoms with Gasteiger partial charge in [-0.05, 0) is 44.7 Å². The molecule has 23 heavy (non-hydrogen) atoms. The zero-order valence-electron chi connectivity index (χ0n) is 13.8. The molecule has 2 heterocycles. The molecule has 2 aromatic rings. The molecule has 1 atom stereocenters. The quantitative estimate of drug-likeness (QED) is 0.901. The summed E-state index contributed by atoms with van der Waals surface area (Å²) >= 11 is 0. The van der Waals surface area contributed by atoms with Crippen LogP contribution >= 0.6 is 0 Å². The topological polar surface area (TPSA) is 47.0 Å². The molecule has 4 rings (SSSR count). The monoisotopic (exact) mass is 311 g/mol. The van der Waals surface area contributed by atoms with Crippen molar-refractivity contribution in [1.82, 2.24) is 9.97 Å². The molecule has 122 valence electrons. The van der Waals surface area contributed by atoms with Gasteiger partial charge in [-0.25, -0.2) is 9.97 Å². The van der Waals surface area contributed by atoms with Crippen LogP contribution in [0.25, 0.3) is 10.9 Å². The van der Waals surface area contributed by atoms with Crippen LogP contribution in [0.4, 0.5) is 5.82 Å². The average Bonchev–Trinajstić information content (AvgIpc) is 2.56. The van der Waals surface area contributed by atoms with Crippen LogP contribution in [0.2, 0.25) is 0 Å². The highest BCUT2D eigenvalue weighted by Crippen LogP contribution is 2.39. The number of anilines is 1. The van der Waals surface area contributed by atoms with Gasteiger partial charge in [0.1, 0.15) is 12.1 Å². The van der Waals surface area contributed by atoms with Crippen molar-refractivity contribution in [1.29, 1.82) is 0 Å². The summed E-state index contributed by atoms with van der Waals surface area (Å²) in [5.41, 5.74) is 2.37. The molecule has 4 heteroatoms. The smallest absolute Gasteiger partial charge is 0.137 e. The summed E-state index contributed by atoms with van der Waals surface area (Å²) in [4.78, 5) is 8.90. The maximum atomic E-state index is 6.21. The van der Waals surface area contributed by atoms with E-state index in [1.807, 2.05) is 0 Å². The van der Waals surface area contributed by atoms with Crippen LogP contribution in [0.5, 0.6) is 0 Å². The van der Waals surface area contributed by atoms with Gasteiger partial charge < -0.3 is 10.1 Å². The largest absolute Gasteiger partial charge is 0.375 e. The van der Waals surface area contributed by atoms with Gasteiger partial charge in [0, 0.05) is 18.0 Å². The van der Waals surface area contributed by atoms with Crippen LogP contribution in [0.3, 0.4) is 0 Å². The Labute approximate surface area is 137 Å². The second-order valence-electron chi connectivity index (χ2n) is 7.17. The lowest BCUT2D eigenvalue weighted by molar-refractivity contribution is -0.103. The molecular weight excluding hydrogens is 286 g/mol. The van der Waals surface area contributed by atoms with Gasteiger partial charge in [0.15, 0.2) is 0 Å². The first-order chi connectivity index (χ1) is 11.2. The van der Waals surface area contributed by atoms with Gasteiger partial charge in [-0.15, -0.1) is 0 Å². The Balaban J connectivity index is 1.57. The minimum Gasteiger partial charge on any atom is -0.375 e. The van der Waals surface area contributed by atoms with E-state index in [0.717, 1.165) is 36.2 Å². The molecule has 1 spiro atoms. The number of hydrogen-bond acceptors (Lipinski definition) is 4. The van der Waals surface area contributed by atoms with Crippen LogP contribution in [0, 0.1) is 6.92 Å². The maximum Gasteiger partial charge on any atom is 0.137 e. The summed E-state index contributed by atoms with van der Waals surface area (Å²) in [7, 11) is 0. The first-order valence-electron chi connectivity index (χ1n) is 8.86. The molecule has 4 nitrogen and oxygen atoms in total. The van der Waals surface area contributed by atoms with Crippen LogP contribution in [-0.2, 0) is 4.74 Å². The zero-order chi connectivity index (χ0) is 15.7. The third kappa shape index (κ3) is 3.05. The summed E-state index contributed by atoms with van der Waals surface area (Å²) in [6.45, 7) is 2.97. The SMILES string of the molecule is Cc1ccc2ncnc(NC3CCOC4(CCCCC4)C3)c2c1. The number of ether oxygens (including phenoxy) is 1. The number of nitrogens with one attached hydrogen (secondary N) is 1. The molecule has 2 aliphatic rings. The second-order valence-corrected chi connectivity index (χ2v) is 7.17. The van der Waals surface area contributed by atoms with Gasteiger partial charge in [0.2, 0.25) is 0 Å². The molecular formula is C19H25N3O. The molecule has 1 aromatic heterocycles. The fourth-order valence-corrected chi connectivity index (χ4v) is 4.17. The van der Waals surface area contributed by atoms with Crippen molar-refractivity contribution < 1.29 is 4.74 Å². The van der Waals surface area contributed by atoms with Gasteiger partial charge in [-0.2, -0.15) is 0 Å². The van der Waals surface area contributed by atoms with E-state index in [4.69, 9.17) is 4.74 Å². The standard InChI is InChI=1S/C19H25N3O/c1-14-5-6-17-16(11-14)18(21-13-20-17)22-15-7-10-23-19(12-15)8-3-2-4-9-19/h5-6,11,13,15H,2-4,7-10,12H2,1H3,(H,20,21,22). The lowest BCUT2D eigenvalue weighted by Gasteiger charge is -2.43. The Bertz CT molecular complexity index is 689. The van der Waals surface area contributed by atoms with E-state index >= 15 is 0 Å². The van der Waals surface area contributed by atoms with Crippen LogP contribution in [0.1, 0.15) is 50.5 Å². The van der Waals surface area contributed by atoms with E-state index in [9.17, 15) is 0 Å². The first kappa shape index (κ1) is 14.9. The zero-order valence-corrected chi connectivity index (χ0v) is 13.8. The molecule has 0 bridgehead atoms. The van der Waals surface area contributed by atoms with Gasteiger partial charge in [0.05, 0.1) is 11.1 Å². The Morgan fingerprint density at radius 3 is 2.91 bits per heavy atom. The average molecular weight is 311 g/mol. The normalized spacial score (nSPS) is 24.0. The van der Waals surface area contributed by atoms with Gasteiger partial charge in [0.25, 0.3) is 0 Å². The molecule has 0 radical (unpaired) electrons. The summed E-state index contributed by atoms with van der Waals surface area (Å²) in [5, 5.41) is 4.81. The van der Waals surface area contributed by atoms with E-state index in [-0.39, 0.29) is 5.60 Å².